The van der Waals surface area contributed by atoms with Crippen molar-refractivity contribution >= 4 is 0 Å². The summed E-state index contributed by atoms with van der Waals surface area (Å²) in [5.74, 6) is -2.75. The fraction of sp³-hybridized carbons (Fsp3) is 0.750. The smallest absolute Gasteiger partial charge is 0.283 e. The third-order valence-electron chi connectivity index (χ3n) is 5.31. The first-order chi connectivity index (χ1) is 13.9. The summed E-state index contributed by atoms with van der Waals surface area (Å²) in [7, 11) is 0. The van der Waals surface area contributed by atoms with Gasteiger partial charge in [-0.25, -0.2) is 8.78 Å². The highest BCUT2D eigenvalue weighted by Crippen LogP contribution is 2.31. The molecular weight excluding hydrogens is 374 g/mol. The lowest BCUT2D eigenvalue weighted by atomic mass is 9.91. The van der Waals surface area contributed by atoms with Crippen molar-refractivity contribution in [2.24, 2.45) is 5.92 Å². The maximum Gasteiger partial charge on any atom is 0.283 e. The normalized spacial score (nSPS) is 13.0. The quantitative estimate of drug-likeness (QED) is 0.226. The maximum absolute atomic E-state index is 13.3. The largest absolute Gasteiger partial charge is 0.343 e. The van der Waals surface area contributed by atoms with Crippen molar-refractivity contribution in [3.05, 3.63) is 35.4 Å². The molecule has 1 aromatic rings. The minimum Gasteiger partial charge on any atom is -0.343 e. The Morgan fingerprint density at radius 1 is 0.793 bits per heavy atom. The number of benzene rings is 1. The molecule has 0 fully saturated rings. The van der Waals surface area contributed by atoms with E-state index in [1.54, 1.807) is 0 Å². The molecule has 1 N–H and O–H groups in total. The van der Waals surface area contributed by atoms with Gasteiger partial charge in [-0.3, -0.25) is 0 Å². The molecule has 168 valence electrons. The van der Waals surface area contributed by atoms with Crippen LogP contribution in [-0.4, -0.2) is 24.3 Å². The Morgan fingerprint density at radius 3 is 1.86 bits per heavy atom. The second-order valence-electron chi connectivity index (χ2n) is 7.77. The molecule has 1 aromatic carbocycles. The third kappa shape index (κ3) is 10.5. The van der Waals surface area contributed by atoms with E-state index in [0.717, 1.165) is 44.6 Å². The standard InChI is InChI=1S/C24H40F2O3/c1-4-7-8-9-10-11-15-21(24(27,28-5-2)29-6-3)16-13-12-14-20-17-22(25)19-23(26)18-20/h17-19,21,27H,4-16H2,1-3H3. The number of unbranched alkanes of at least 4 members (excludes halogenated alkanes) is 6. The van der Waals surface area contributed by atoms with Gasteiger partial charge in [-0.05, 0) is 57.2 Å². The van der Waals surface area contributed by atoms with Gasteiger partial charge in [0.25, 0.3) is 5.97 Å². The minimum absolute atomic E-state index is 0.113. The molecule has 0 aliphatic rings. The molecule has 29 heavy (non-hydrogen) atoms. The summed E-state index contributed by atoms with van der Waals surface area (Å²) in [5.41, 5.74) is 0.667. The molecule has 5 heteroatoms. The highest BCUT2D eigenvalue weighted by Gasteiger charge is 2.37. The average Bonchev–Trinajstić information content (AvgIpc) is 2.65. The maximum atomic E-state index is 13.3. The Bertz CT molecular complexity index is 525. The predicted octanol–water partition coefficient (Wildman–Crippen LogP) is 6.76. The molecule has 0 aliphatic heterocycles. The van der Waals surface area contributed by atoms with Gasteiger partial charge in [0.15, 0.2) is 0 Å². The molecule has 0 radical (unpaired) electrons. The molecule has 0 spiro atoms. The first kappa shape index (κ1) is 26.0. The van der Waals surface area contributed by atoms with E-state index in [1.165, 1.54) is 37.8 Å². The Hall–Kier alpha value is -1.04. The number of rotatable bonds is 17. The molecule has 0 aliphatic carbocycles. The highest BCUT2D eigenvalue weighted by molar-refractivity contribution is 5.17. The number of aliphatic hydroxyl groups is 1. The molecule has 0 bridgehead atoms. The van der Waals surface area contributed by atoms with Crippen molar-refractivity contribution in [3.63, 3.8) is 0 Å². The van der Waals surface area contributed by atoms with Crippen LogP contribution in [0.25, 0.3) is 0 Å². The summed E-state index contributed by atoms with van der Waals surface area (Å²) < 4.78 is 37.9. The Morgan fingerprint density at radius 2 is 1.31 bits per heavy atom. The Balaban J connectivity index is 2.57. The van der Waals surface area contributed by atoms with Crippen LogP contribution in [-0.2, 0) is 15.9 Å². The van der Waals surface area contributed by atoms with Crippen molar-refractivity contribution < 1.29 is 23.4 Å². The van der Waals surface area contributed by atoms with Gasteiger partial charge >= 0.3 is 0 Å². The van der Waals surface area contributed by atoms with Crippen molar-refractivity contribution in [2.45, 2.75) is 97.4 Å². The number of ether oxygens (including phenoxy) is 2. The second kappa shape index (κ2) is 14.9. The second-order valence-corrected chi connectivity index (χ2v) is 7.77. The topological polar surface area (TPSA) is 38.7 Å². The summed E-state index contributed by atoms with van der Waals surface area (Å²) in [6.07, 6.45) is 11.0. The van der Waals surface area contributed by atoms with Crippen LogP contribution in [0.1, 0.15) is 90.5 Å². The number of hydrogen-bond donors (Lipinski definition) is 1. The summed E-state index contributed by atoms with van der Waals surface area (Å²) >= 11 is 0. The van der Waals surface area contributed by atoms with Gasteiger partial charge in [0.05, 0.1) is 0 Å². The predicted molar refractivity (Wildman–Crippen MR) is 114 cm³/mol. The van der Waals surface area contributed by atoms with Gasteiger partial charge < -0.3 is 14.6 Å². The van der Waals surface area contributed by atoms with Gasteiger partial charge in [0, 0.05) is 25.2 Å². The molecular formula is C24H40F2O3. The molecule has 1 unspecified atom stereocenters. The lowest BCUT2D eigenvalue weighted by Crippen LogP contribution is -2.44. The molecule has 0 aromatic heterocycles. The van der Waals surface area contributed by atoms with E-state index >= 15 is 0 Å². The van der Waals surface area contributed by atoms with Crippen LogP contribution < -0.4 is 0 Å². The van der Waals surface area contributed by atoms with E-state index in [-0.39, 0.29) is 5.92 Å². The first-order valence-electron chi connectivity index (χ1n) is 11.4. The average molecular weight is 415 g/mol. The fourth-order valence-corrected chi connectivity index (χ4v) is 3.85. The van der Waals surface area contributed by atoms with Crippen molar-refractivity contribution in [2.75, 3.05) is 13.2 Å². The van der Waals surface area contributed by atoms with E-state index in [0.29, 0.717) is 25.2 Å². The summed E-state index contributed by atoms with van der Waals surface area (Å²) in [4.78, 5) is 0. The van der Waals surface area contributed by atoms with Crippen LogP contribution in [0.3, 0.4) is 0 Å². The molecule has 0 heterocycles. The van der Waals surface area contributed by atoms with Gasteiger partial charge in [0.2, 0.25) is 0 Å². The highest BCUT2D eigenvalue weighted by atomic mass is 19.1. The van der Waals surface area contributed by atoms with Gasteiger partial charge in [-0.1, -0.05) is 51.9 Å². The molecule has 3 nitrogen and oxygen atoms in total. The molecule has 0 saturated carbocycles. The zero-order chi connectivity index (χ0) is 21.5. The first-order valence-corrected chi connectivity index (χ1v) is 11.4. The van der Waals surface area contributed by atoms with Gasteiger partial charge in [0.1, 0.15) is 11.6 Å². The van der Waals surface area contributed by atoms with Crippen LogP contribution in [0, 0.1) is 17.6 Å². The Labute approximate surface area is 175 Å². The van der Waals surface area contributed by atoms with Crippen LogP contribution in [0.4, 0.5) is 8.78 Å². The van der Waals surface area contributed by atoms with Gasteiger partial charge in [-0.2, -0.15) is 0 Å². The van der Waals surface area contributed by atoms with Gasteiger partial charge in [-0.15, -0.1) is 0 Å². The van der Waals surface area contributed by atoms with E-state index in [4.69, 9.17) is 9.47 Å². The van der Waals surface area contributed by atoms with Crippen molar-refractivity contribution in [3.8, 4) is 0 Å². The molecule has 1 atom stereocenters. The summed E-state index contributed by atoms with van der Waals surface area (Å²) in [6, 6.07) is 3.66. The number of hydrogen-bond acceptors (Lipinski definition) is 3. The lowest BCUT2D eigenvalue weighted by Gasteiger charge is -2.35. The van der Waals surface area contributed by atoms with E-state index < -0.39 is 17.6 Å². The van der Waals surface area contributed by atoms with Crippen LogP contribution in [0.5, 0.6) is 0 Å². The molecule has 0 saturated heterocycles. The zero-order valence-electron chi connectivity index (χ0n) is 18.5. The zero-order valence-corrected chi connectivity index (χ0v) is 18.5. The van der Waals surface area contributed by atoms with E-state index in [9.17, 15) is 13.9 Å². The van der Waals surface area contributed by atoms with Crippen molar-refractivity contribution in [1.82, 2.24) is 0 Å². The monoisotopic (exact) mass is 414 g/mol. The minimum atomic E-state index is -1.56. The molecule has 0 amide bonds. The SMILES string of the molecule is CCCCCCCCC(CCCCc1cc(F)cc(F)c1)C(O)(OCC)OCC. The summed E-state index contributed by atoms with van der Waals surface area (Å²) in [5, 5.41) is 11.0. The summed E-state index contributed by atoms with van der Waals surface area (Å²) in [6.45, 7) is 6.67. The molecule has 1 rings (SSSR count). The lowest BCUT2D eigenvalue weighted by molar-refractivity contribution is -0.385. The van der Waals surface area contributed by atoms with Crippen molar-refractivity contribution in [1.29, 1.82) is 0 Å². The Kier molecular flexibility index (Phi) is 13.3. The number of halogens is 2. The van der Waals surface area contributed by atoms with E-state index in [1.807, 2.05) is 13.8 Å². The van der Waals surface area contributed by atoms with Crippen LogP contribution >= 0.6 is 0 Å². The van der Waals surface area contributed by atoms with Crippen LogP contribution in [0.2, 0.25) is 0 Å². The van der Waals surface area contributed by atoms with Crippen LogP contribution in [0.15, 0.2) is 18.2 Å². The van der Waals surface area contributed by atoms with E-state index in [2.05, 4.69) is 6.92 Å². The number of aryl methyl sites for hydroxylation is 1. The fourth-order valence-electron chi connectivity index (χ4n) is 3.85. The third-order valence-corrected chi connectivity index (χ3v) is 5.31.